The van der Waals surface area contributed by atoms with Crippen LogP contribution in [0.25, 0.3) is 0 Å². The summed E-state index contributed by atoms with van der Waals surface area (Å²) >= 11 is 0. The second-order valence-electron chi connectivity index (χ2n) is 4.99. The van der Waals surface area contributed by atoms with E-state index in [2.05, 4.69) is 5.32 Å². The van der Waals surface area contributed by atoms with Gasteiger partial charge in [-0.2, -0.15) is 0 Å². The van der Waals surface area contributed by atoms with Crippen molar-refractivity contribution in [1.82, 2.24) is 5.32 Å². The number of aliphatic hydroxyl groups is 2. The van der Waals surface area contributed by atoms with Gasteiger partial charge in [-0.25, -0.2) is 0 Å². The molecule has 3 unspecified atom stereocenters. The van der Waals surface area contributed by atoms with Gasteiger partial charge in [0.15, 0.2) is 0 Å². The standard InChI is InChI=1S/C13H27NO4/c1-17-6-7-18-10-12(15)9-14-8-11-4-2-3-5-13(11)16/h11-16H,2-10H2,1H3. The molecule has 0 aromatic heterocycles. The Hall–Kier alpha value is -0.200. The molecule has 18 heavy (non-hydrogen) atoms. The first-order chi connectivity index (χ1) is 8.74. The quantitative estimate of drug-likeness (QED) is 0.515. The van der Waals surface area contributed by atoms with Gasteiger partial charge in [-0.3, -0.25) is 0 Å². The molecule has 3 N–H and O–H groups in total. The molecule has 0 bridgehead atoms. The molecule has 0 heterocycles. The molecule has 1 fully saturated rings. The van der Waals surface area contributed by atoms with Gasteiger partial charge >= 0.3 is 0 Å². The van der Waals surface area contributed by atoms with Crippen molar-refractivity contribution in [3.8, 4) is 0 Å². The average molecular weight is 261 g/mol. The summed E-state index contributed by atoms with van der Waals surface area (Å²) in [5.74, 6) is 0.334. The van der Waals surface area contributed by atoms with E-state index in [1.165, 1.54) is 6.42 Å². The number of hydrogen-bond acceptors (Lipinski definition) is 5. The van der Waals surface area contributed by atoms with Gasteiger partial charge in [-0.15, -0.1) is 0 Å². The maximum absolute atomic E-state index is 9.79. The van der Waals surface area contributed by atoms with E-state index in [4.69, 9.17) is 9.47 Å². The maximum atomic E-state index is 9.79. The first kappa shape index (κ1) is 15.9. The Labute approximate surface area is 109 Å². The third-order valence-corrected chi connectivity index (χ3v) is 3.40. The van der Waals surface area contributed by atoms with Crippen molar-refractivity contribution in [2.45, 2.75) is 37.9 Å². The van der Waals surface area contributed by atoms with Crippen molar-refractivity contribution in [3.05, 3.63) is 0 Å². The summed E-state index contributed by atoms with van der Waals surface area (Å²) in [4.78, 5) is 0. The molecular weight excluding hydrogens is 234 g/mol. The van der Waals surface area contributed by atoms with Crippen molar-refractivity contribution in [2.24, 2.45) is 5.92 Å². The Balaban J connectivity index is 1.98. The summed E-state index contributed by atoms with van der Waals surface area (Å²) in [6.45, 7) is 2.67. The second-order valence-corrected chi connectivity index (χ2v) is 4.99. The molecule has 3 atom stereocenters. The number of rotatable bonds is 9. The second kappa shape index (κ2) is 9.69. The summed E-state index contributed by atoms with van der Waals surface area (Å²) < 4.78 is 10.1. The summed E-state index contributed by atoms with van der Waals surface area (Å²) in [6, 6.07) is 0. The highest BCUT2D eigenvalue weighted by Crippen LogP contribution is 2.23. The molecule has 0 amide bonds. The Morgan fingerprint density at radius 2 is 2.06 bits per heavy atom. The number of methoxy groups -OCH3 is 1. The number of ether oxygens (including phenoxy) is 2. The molecule has 0 aromatic rings. The van der Waals surface area contributed by atoms with Gasteiger partial charge in [0, 0.05) is 20.2 Å². The molecule has 1 aliphatic carbocycles. The molecule has 1 saturated carbocycles. The highest BCUT2D eigenvalue weighted by Gasteiger charge is 2.22. The summed E-state index contributed by atoms with van der Waals surface area (Å²) in [5.41, 5.74) is 0. The van der Waals surface area contributed by atoms with Crippen molar-refractivity contribution >= 4 is 0 Å². The lowest BCUT2D eigenvalue weighted by atomic mass is 9.86. The molecule has 0 saturated heterocycles. The maximum Gasteiger partial charge on any atom is 0.0897 e. The van der Waals surface area contributed by atoms with E-state index in [1.54, 1.807) is 7.11 Å². The van der Waals surface area contributed by atoms with Gasteiger partial charge in [-0.1, -0.05) is 12.8 Å². The fourth-order valence-electron chi connectivity index (χ4n) is 2.28. The molecule has 1 aliphatic rings. The van der Waals surface area contributed by atoms with E-state index < -0.39 is 6.10 Å². The van der Waals surface area contributed by atoms with Gasteiger partial charge < -0.3 is 25.0 Å². The average Bonchev–Trinajstić information content (AvgIpc) is 2.37. The Morgan fingerprint density at radius 1 is 1.28 bits per heavy atom. The zero-order chi connectivity index (χ0) is 13.2. The molecular formula is C13H27NO4. The molecule has 1 rings (SSSR count). The van der Waals surface area contributed by atoms with E-state index in [9.17, 15) is 10.2 Å². The van der Waals surface area contributed by atoms with E-state index in [0.29, 0.717) is 32.3 Å². The summed E-state index contributed by atoms with van der Waals surface area (Å²) in [7, 11) is 1.62. The zero-order valence-corrected chi connectivity index (χ0v) is 11.3. The van der Waals surface area contributed by atoms with Gasteiger partial charge in [0.25, 0.3) is 0 Å². The minimum Gasteiger partial charge on any atom is -0.393 e. The number of nitrogens with one attached hydrogen (secondary N) is 1. The van der Waals surface area contributed by atoms with Crippen LogP contribution in [0.3, 0.4) is 0 Å². The van der Waals surface area contributed by atoms with Crippen LogP contribution < -0.4 is 5.32 Å². The lowest BCUT2D eigenvalue weighted by Gasteiger charge is -2.28. The van der Waals surface area contributed by atoms with Crippen molar-refractivity contribution in [2.75, 3.05) is 40.0 Å². The van der Waals surface area contributed by atoms with Crippen LogP contribution in [0.5, 0.6) is 0 Å². The fourth-order valence-corrected chi connectivity index (χ4v) is 2.28. The number of aliphatic hydroxyl groups excluding tert-OH is 2. The van der Waals surface area contributed by atoms with Gasteiger partial charge in [0.2, 0.25) is 0 Å². The van der Waals surface area contributed by atoms with Crippen LogP contribution in [0.15, 0.2) is 0 Å². The van der Waals surface area contributed by atoms with Crippen LogP contribution in [-0.2, 0) is 9.47 Å². The summed E-state index contributed by atoms with van der Waals surface area (Å²) in [5, 5.41) is 22.7. The monoisotopic (exact) mass is 261 g/mol. The van der Waals surface area contributed by atoms with Crippen LogP contribution in [0.2, 0.25) is 0 Å². The van der Waals surface area contributed by atoms with E-state index in [-0.39, 0.29) is 6.10 Å². The lowest BCUT2D eigenvalue weighted by Crippen LogP contribution is -2.38. The molecule has 0 aliphatic heterocycles. The van der Waals surface area contributed by atoms with Crippen molar-refractivity contribution in [3.63, 3.8) is 0 Å². The Bertz CT molecular complexity index is 203. The first-order valence-electron chi connectivity index (χ1n) is 6.87. The first-order valence-corrected chi connectivity index (χ1v) is 6.87. The molecule has 0 radical (unpaired) electrons. The van der Waals surface area contributed by atoms with Crippen LogP contribution in [0.4, 0.5) is 0 Å². The summed E-state index contributed by atoms with van der Waals surface area (Å²) in [6.07, 6.45) is 3.65. The van der Waals surface area contributed by atoms with E-state index >= 15 is 0 Å². The molecule has 5 heteroatoms. The molecule has 0 spiro atoms. The predicted molar refractivity (Wildman–Crippen MR) is 69.5 cm³/mol. The van der Waals surface area contributed by atoms with Crippen molar-refractivity contribution in [1.29, 1.82) is 0 Å². The van der Waals surface area contributed by atoms with E-state index in [1.807, 2.05) is 0 Å². The normalized spacial score (nSPS) is 26.2. The largest absolute Gasteiger partial charge is 0.393 e. The minimum atomic E-state index is -0.498. The lowest BCUT2D eigenvalue weighted by molar-refractivity contribution is 0.0118. The third-order valence-electron chi connectivity index (χ3n) is 3.40. The Morgan fingerprint density at radius 3 is 2.78 bits per heavy atom. The Kier molecular flexibility index (Phi) is 8.54. The van der Waals surface area contributed by atoms with Crippen LogP contribution >= 0.6 is 0 Å². The minimum absolute atomic E-state index is 0.179. The third kappa shape index (κ3) is 6.66. The topological polar surface area (TPSA) is 71.0 Å². The fraction of sp³-hybridized carbons (Fsp3) is 1.00. The van der Waals surface area contributed by atoms with Gasteiger partial charge in [0.05, 0.1) is 32.0 Å². The SMILES string of the molecule is COCCOCC(O)CNCC1CCCCC1O. The van der Waals surface area contributed by atoms with Crippen LogP contribution in [0, 0.1) is 5.92 Å². The predicted octanol–water partition coefficient (Wildman–Crippen LogP) is 0.151. The highest BCUT2D eigenvalue weighted by atomic mass is 16.5. The molecule has 5 nitrogen and oxygen atoms in total. The zero-order valence-electron chi connectivity index (χ0n) is 11.3. The number of hydrogen-bond donors (Lipinski definition) is 3. The van der Waals surface area contributed by atoms with Crippen LogP contribution in [0.1, 0.15) is 25.7 Å². The smallest absolute Gasteiger partial charge is 0.0897 e. The molecule has 108 valence electrons. The van der Waals surface area contributed by atoms with Crippen molar-refractivity contribution < 1.29 is 19.7 Å². The molecule has 0 aromatic carbocycles. The highest BCUT2D eigenvalue weighted by molar-refractivity contribution is 4.76. The van der Waals surface area contributed by atoms with Crippen LogP contribution in [-0.4, -0.2) is 62.4 Å². The van der Waals surface area contributed by atoms with Gasteiger partial charge in [0.1, 0.15) is 0 Å². The van der Waals surface area contributed by atoms with E-state index in [0.717, 1.165) is 25.8 Å². The van der Waals surface area contributed by atoms with Gasteiger partial charge in [-0.05, 0) is 18.8 Å².